The van der Waals surface area contributed by atoms with Crippen molar-refractivity contribution in [3.8, 4) is 5.75 Å². The average molecular weight is 262 g/mol. The van der Waals surface area contributed by atoms with E-state index in [1.165, 1.54) is 0 Å². The van der Waals surface area contributed by atoms with Crippen LogP contribution in [0.3, 0.4) is 0 Å². The summed E-state index contributed by atoms with van der Waals surface area (Å²) in [6.45, 7) is 0. The van der Waals surface area contributed by atoms with Gasteiger partial charge in [0, 0.05) is 6.42 Å². The molecule has 16 heavy (non-hydrogen) atoms. The maximum Gasteiger partial charge on any atom is 0.339 e. The molecule has 0 spiro atoms. The second-order valence-corrected chi connectivity index (χ2v) is 5.78. The molecule has 0 saturated carbocycles. The number of furan rings is 1. The Morgan fingerprint density at radius 3 is 2.81 bits per heavy atom. The molecule has 0 amide bonds. The molecule has 3 heterocycles. The largest absolute Gasteiger partial charge is 0.467 e. The molecule has 0 aromatic carbocycles. The zero-order chi connectivity index (χ0) is 11.7. The van der Waals surface area contributed by atoms with E-state index in [1.807, 2.05) is 0 Å². The van der Waals surface area contributed by atoms with E-state index in [0.717, 1.165) is 7.11 Å². The highest BCUT2D eigenvalue weighted by atomic mass is 32.2. The number of ether oxygens (including phenoxy) is 1. The average Bonchev–Trinajstić information content (AvgIpc) is 2.79. The number of methoxy groups -OCH3 is 1. The van der Waals surface area contributed by atoms with Crippen LogP contribution in [0.2, 0.25) is 0 Å². The van der Waals surface area contributed by atoms with Gasteiger partial charge in [-0.05, 0) is 0 Å². The molecule has 0 aliphatic carbocycles. The number of hydrogen-bond acceptors (Lipinski definition) is 7. The fourth-order valence-corrected chi connectivity index (χ4v) is 3.85. The fourth-order valence-electron chi connectivity index (χ4n) is 2.04. The van der Waals surface area contributed by atoms with Crippen molar-refractivity contribution in [1.29, 1.82) is 0 Å². The zero-order valence-electron chi connectivity index (χ0n) is 8.01. The Bertz CT molecular complexity index is 613. The minimum absolute atomic E-state index is 0.00924. The third-order valence-corrected chi connectivity index (χ3v) is 5.01. The summed E-state index contributed by atoms with van der Waals surface area (Å²) in [6.07, 6.45) is -0.111. The van der Waals surface area contributed by atoms with Crippen molar-refractivity contribution in [2.45, 2.75) is 16.1 Å². The van der Waals surface area contributed by atoms with E-state index in [1.54, 1.807) is 0 Å². The summed E-state index contributed by atoms with van der Waals surface area (Å²) in [5.74, 6) is -0.567. The first-order valence-electron chi connectivity index (χ1n) is 4.31. The molecule has 6 nitrogen and oxygen atoms in total. The normalized spacial score (nSPS) is 27.9. The maximum absolute atomic E-state index is 11.8. The van der Waals surface area contributed by atoms with Crippen molar-refractivity contribution in [2.75, 3.05) is 7.11 Å². The van der Waals surface area contributed by atoms with E-state index in [2.05, 4.69) is 17.4 Å². The van der Waals surface area contributed by atoms with E-state index in [4.69, 9.17) is 8.60 Å². The summed E-state index contributed by atoms with van der Waals surface area (Å²) in [7, 11) is -2.98. The molecule has 1 unspecified atom stereocenters. The van der Waals surface area contributed by atoms with E-state index < -0.39 is 20.8 Å². The number of esters is 1. The van der Waals surface area contributed by atoms with Crippen LogP contribution < -0.4 is 4.18 Å². The summed E-state index contributed by atoms with van der Waals surface area (Å²) in [5, 5.41) is 0. The summed E-state index contributed by atoms with van der Waals surface area (Å²) < 4.78 is 36.3. The van der Waals surface area contributed by atoms with Gasteiger partial charge in [-0.25, -0.2) is 4.79 Å². The van der Waals surface area contributed by atoms with Gasteiger partial charge in [0.15, 0.2) is 11.5 Å². The van der Waals surface area contributed by atoms with Gasteiger partial charge in [0.2, 0.25) is 0 Å². The van der Waals surface area contributed by atoms with Crippen molar-refractivity contribution < 1.29 is 26.5 Å². The van der Waals surface area contributed by atoms with Crippen LogP contribution in [-0.4, -0.2) is 21.5 Å². The fraction of sp³-hybridized carbons (Fsp3) is 0.375. The molecule has 0 N–H and O–H groups in total. The molecule has 2 bridgehead atoms. The van der Waals surface area contributed by atoms with Crippen LogP contribution >= 0.6 is 12.6 Å². The zero-order valence-corrected chi connectivity index (χ0v) is 9.72. The van der Waals surface area contributed by atoms with Gasteiger partial charge in [-0.2, -0.15) is 8.42 Å². The predicted molar refractivity (Wildman–Crippen MR) is 52.9 cm³/mol. The Kier molecular flexibility index (Phi) is 1.61. The van der Waals surface area contributed by atoms with Crippen LogP contribution in [0.4, 0.5) is 0 Å². The molecule has 1 atom stereocenters. The minimum atomic E-state index is -4.10. The van der Waals surface area contributed by atoms with Crippen molar-refractivity contribution in [1.82, 2.24) is 0 Å². The van der Waals surface area contributed by atoms with Gasteiger partial charge < -0.3 is 13.3 Å². The quantitative estimate of drug-likeness (QED) is 0.443. The molecule has 1 aromatic rings. The van der Waals surface area contributed by atoms with Crippen LogP contribution in [0.1, 0.15) is 11.5 Å². The SMILES string of the molecule is COC(=O)C12Cc3oc1c(c3S)OS2(=O)=O. The summed E-state index contributed by atoms with van der Waals surface area (Å²) in [5.41, 5.74) is 0. The summed E-state index contributed by atoms with van der Waals surface area (Å²) in [4.78, 5) is 12.0. The summed E-state index contributed by atoms with van der Waals surface area (Å²) in [6, 6.07) is 0. The molecule has 86 valence electrons. The number of fused-ring (bicyclic) bond motifs is 1. The first-order chi connectivity index (χ1) is 7.44. The van der Waals surface area contributed by atoms with Gasteiger partial charge in [-0.1, -0.05) is 0 Å². The van der Waals surface area contributed by atoms with Gasteiger partial charge in [-0.3, -0.25) is 0 Å². The number of carbonyl (C=O) groups is 1. The maximum atomic E-state index is 11.8. The number of hydrogen-bond donors (Lipinski definition) is 1. The summed E-state index contributed by atoms with van der Waals surface area (Å²) >= 11 is 4.07. The predicted octanol–water partition coefficient (Wildman–Crippen LogP) is 0.215. The second-order valence-electron chi connectivity index (χ2n) is 3.56. The molecule has 1 aromatic heterocycles. The molecule has 3 rings (SSSR count). The third-order valence-electron chi connectivity index (χ3n) is 2.82. The first-order valence-corrected chi connectivity index (χ1v) is 6.17. The van der Waals surface area contributed by atoms with Crippen LogP contribution in [0.5, 0.6) is 5.75 Å². The standard InChI is InChI=1S/C8H6O6S2/c1-12-7(9)8-2-3-5(15)4(6(8)13-3)14-16(8,10)11/h15H,2H2,1H3. The van der Waals surface area contributed by atoms with E-state index in [9.17, 15) is 13.2 Å². The Balaban J connectivity index is 2.34. The van der Waals surface area contributed by atoms with Gasteiger partial charge in [0.05, 0.1) is 12.0 Å². The van der Waals surface area contributed by atoms with Crippen LogP contribution in [0.15, 0.2) is 9.31 Å². The van der Waals surface area contributed by atoms with Crippen molar-refractivity contribution in [2.24, 2.45) is 0 Å². The van der Waals surface area contributed by atoms with Gasteiger partial charge in [-0.15, -0.1) is 12.6 Å². The molecular formula is C8H6O6S2. The topological polar surface area (TPSA) is 82.8 Å². The van der Waals surface area contributed by atoms with Crippen molar-refractivity contribution in [3.05, 3.63) is 11.5 Å². The highest BCUT2D eigenvalue weighted by Gasteiger charge is 2.69. The highest BCUT2D eigenvalue weighted by molar-refractivity contribution is 7.89. The molecule has 8 heteroatoms. The lowest BCUT2D eigenvalue weighted by molar-refractivity contribution is -0.144. The van der Waals surface area contributed by atoms with Crippen molar-refractivity contribution in [3.63, 3.8) is 0 Å². The lowest BCUT2D eigenvalue weighted by Gasteiger charge is -2.16. The second kappa shape index (κ2) is 2.57. The van der Waals surface area contributed by atoms with E-state index in [0.29, 0.717) is 10.7 Å². The van der Waals surface area contributed by atoms with Gasteiger partial charge >= 0.3 is 16.1 Å². The smallest absolute Gasteiger partial charge is 0.339 e. The molecule has 0 saturated heterocycles. The molecule has 0 radical (unpaired) electrons. The Hall–Kier alpha value is -1.15. The highest BCUT2D eigenvalue weighted by Crippen LogP contribution is 2.58. The van der Waals surface area contributed by atoms with Crippen LogP contribution in [0, 0.1) is 0 Å². The van der Waals surface area contributed by atoms with Crippen LogP contribution in [-0.2, 0) is 30.8 Å². The minimum Gasteiger partial charge on any atom is -0.467 e. The number of rotatable bonds is 1. The third kappa shape index (κ3) is 0.788. The molecule has 2 aliphatic heterocycles. The van der Waals surface area contributed by atoms with Gasteiger partial charge in [0.25, 0.3) is 4.75 Å². The monoisotopic (exact) mass is 262 g/mol. The lowest BCUT2D eigenvalue weighted by Crippen LogP contribution is -2.42. The van der Waals surface area contributed by atoms with E-state index >= 15 is 0 Å². The lowest BCUT2D eigenvalue weighted by atomic mass is 9.97. The Morgan fingerprint density at radius 1 is 1.56 bits per heavy atom. The van der Waals surface area contributed by atoms with Crippen LogP contribution in [0.25, 0.3) is 0 Å². The Morgan fingerprint density at radius 2 is 2.25 bits per heavy atom. The van der Waals surface area contributed by atoms with Gasteiger partial charge in [0.1, 0.15) is 5.76 Å². The molecule has 2 aliphatic rings. The molecule has 0 fully saturated rings. The van der Waals surface area contributed by atoms with E-state index in [-0.39, 0.29) is 17.9 Å². The number of carbonyl (C=O) groups excluding carboxylic acids is 1. The molecular weight excluding hydrogens is 256 g/mol. The van der Waals surface area contributed by atoms with Crippen molar-refractivity contribution >= 4 is 28.7 Å². The first kappa shape index (κ1) is 10.0. The number of thiol groups is 1. The Labute approximate surface area is 96.1 Å².